The third-order valence-corrected chi connectivity index (χ3v) is 5.10. The molecular formula is C18H22ClNO4. The van der Waals surface area contributed by atoms with Gasteiger partial charge >= 0.3 is 5.97 Å². The van der Waals surface area contributed by atoms with Crippen LogP contribution in [-0.2, 0) is 14.3 Å². The van der Waals surface area contributed by atoms with Gasteiger partial charge in [-0.2, -0.15) is 0 Å². The summed E-state index contributed by atoms with van der Waals surface area (Å²) < 4.78 is 5.37. The maximum Gasteiger partial charge on any atom is 0.305 e. The van der Waals surface area contributed by atoms with Crippen molar-refractivity contribution in [3.05, 3.63) is 34.9 Å². The molecule has 1 aromatic carbocycles. The molecule has 1 saturated heterocycles. The number of benzene rings is 1. The van der Waals surface area contributed by atoms with Crippen LogP contribution in [0.3, 0.4) is 0 Å². The van der Waals surface area contributed by atoms with Gasteiger partial charge in [0.2, 0.25) is 5.91 Å². The number of ether oxygens (including phenoxy) is 1. The number of hydrogen-bond acceptors (Lipinski definition) is 3. The fraction of sp³-hybridized carbons (Fsp3) is 0.556. The monoisotopic (exact) mass is 351 g/mol. The summed E-state index contributed by atoms with van der Waals surface area (Å²) in [5, 5.41) is 9.66. The molecule has 1 aliphatic carbocycles. The van der Waals surface area contributed by atoms with Crippen molar-refractivity contribution in [3.8, 4) is 0 Å². The Morgan fingerprint density at radius 3 is 2.71 bits per heavy atom. The largest absolute Gasteiger partial charge is 0.481 e. The van der Waals surface area contributed by atoms with Crippen molar-refractivity contribution in [2.24, 2.45) is 5.92 Å². The second kappa shape index (κ2) is 7.53. The summed E-state index contributed by atoms with van der Waals surface area (Å²) in [6.07, 6.45) is 2.35. The third kappa shape index (κ3) is 4.08. The zero-order chi connectivity index (χ0) is 17.1. The van der Waals surface area contributed by atoms with Gasteiger partial charge in [-0.25, -0.2) is 0 Å². The first-order chi connectivity index (χ1) is 11.6. The molecule has 1 aliphatic heterocycles. The number of rotatable bonds is 6. The molecule has 0 unspecified atom stereocenters. The fourth-order valence-electron chi connectivity index (χ4n) is 3.47. The van der Waals surface area contributed by atoms with Gasteiger partial charge in [0.1, 0.15) is 0 Å². The molecule has 1 aromatic rings. The van der Waals surface area contributed by atoms with Crippen LogP contribution < -0.4 is 0 Å². The summed E-state index contributed by atoms with van der Waals surface area (Å²) in [7, 11) is 0. The molecule has 0 radical (unpaired) electrons. The van der Waals surface area contributed by atoms with E-state index in [1.165, 1.54) is 0 Å². The van der Waals surface area contributed by atoms with Crippen molar-refractivity contribution >= 4 is 23.5 Å². The molecule has 1 N–H and O–H groups in total. The van der Waals surface area contributed by atoms with Gasteiger partial charge in [-0.1, -0.05) is 23.7 Å². The fourth-order valence-corrected chi connectivity index (χ4v) is 3.67. The molecule has 130 valence electrons. The van der Waals surface area contributed by atoms with Crippen LogP contribution in [0.25, 0.3) is 0 Å². The lowest BCUT2D eigenvalue weighted by atomic mass is 10.0. The van der Waals surface area contributed by atoms with Crippen LogP contribution in [0.15, 0.2) is 24.3 Å². The van der Waals surface area contributed by atoms with Crippen LogP contribution >= 0.6 is 11.6 Å². The van der Waals surface area contributed by atoms with Gasteiger partial charge in [0.05, 0.1) is 6.42 Å². The molecule has 1 saturated carbocycles. The van der Waals surface area contributed by atoms with E-state index in [9.17, 15) is 9.59 Å². The number of carboxylic acids is 1. The first-order valence-electron chi connectivity index (χ1n) is 8.41. The second-order valence-corrected chi connectivity index (χ2v) is 6.96. The molecular weight excluding hydrogens is 330 g/mol. The van der Waals surface area contributed by atoms with Crippen LogP contribution in [0, 0.1) is 5.92 Å². The predicted molar refractivity (Wildman–Crippen MR) is 90.1 cm³/mol. The van der Waals surface area contributed by atoms with Gasteiger partial charge < -0.3 is 14.7 Å². The maximum absolute atomic E-state index is 12.9. The highest BCUT2D eigenvalue weighted by atomic mass is 35.5. The quantitative estimate of drug-likeness (QED) is 0.855. The lowest BCUT2D eigenvalue weighted by Crippen LogP contribution is -2.45. The number of amides is 1. The molecule has 0 spiro atoms. The van der Waals surface area contributed by atoms with Gasteiger partial charge in [0.15, 0.2) is 0 Å². The molecule has 6 heteroatoms. The maximum atomic E-state index is 12.9. The minimum Gasteiger partial charge on any atom is -0.481 e. The molecule has 1 heterocycles. The van der Waals surface area contributed by atoms with E-state index in [0.29, 0.717) is 18.2 Å². The Balaban J connectivity index is 1.68. The van der Waals surface area contributed by atoms with Gasteiger partial charge in [-0.05, 0) is 42.9 Å². The van der Waals surface area contributed by atoms with Crippen molar-refractivity contribution < 1.29 is 19.4 Å². The highest BCUT2D eigenvalue weighted by Crippen LogP contribution is 2.49. The number of hydrogen-bond donors (Lipinski definition) is 1. The smallest absolute Gasteiger partial charge is 0.305 e. The summed E-state index contributed by atoms with van der Waals surface area (Å²) >= 11 is 6.04. The van der Waals surface area contributed by atoms with E-state index in [1.807, 2.05) is 24.3 Å². The van der Waals surface area contributed by atoms with Crippen LogP contribution in [-0.4, -0.2) is 47.7 Å². The van der Waals surface area contributed by atoms with E-state index in [4.69, 9.17) is 21.4 Å². The summed E-state index contributed by atoms with van der Waals surface area (Å²) in [6, 6.07) is 7.73. The van der Waals surface area contributed by atoms with Crippen molar-refractivity contribution in [1.29, 1.82) is 0 Å². The molecule has 2 fully saturated rings. The Bertz CT molecular complexity index is 615. The standard InChI is InChI=1S/C18H22ClNO4/c19-13-3-1-2-12(10-13)15-11-16(15)18(23)20(7-4-17(21)22)14-5-8-24-9-6-14/h1-3,10,14-16H,4-9,11H2,(H,21,22)/t15-,16+/m0/s1. The zero-order valence-electron chi connectivity index (χ0n) is 13.5. The summed E-state index contributed by atoms with van der Waals surface area (Å²) in [5.74, 6) is -0.654. The molecule has 2 aliphatic rings. The molecule has 2 atom stereocenters. The Morgan fingerprint density at radius 2 is 2.04 bits per heavy atom. The Hall–Kier alpha value is -1.59. The number of halogens is 1. The van der Waals surface area contributed by atoms with Crippen molar-refractivity contribution in [2.45, 2.75) is 37.6 Å². The van der Waals surface area contributed by atoms with Gasteiger partial charge in [0.25, 0.3) is 0 Å². The number of nitrogens with zero attached hydrogens (tertiary/aromatic N) is 1. The Labute approximate surface area is 146 Å². The minimum atomic E-state index is -0.873. The number of carbonyl (C=O) groups excluding carboxylic acids is 1. The van der Waals surface area contributed by atoms with Crippen molar-refractivity contribution in [2.75, 3.05) is 19.8 Å². The molecule has 24 heavy (non-hydrogen) atoms. The summed E-state index contributed by atoms with van der Waals surface area (Å²) in [4.78, 5) is 25.7. The van der Waals surface area contributed by atoms with Crippen LogP contribution in [0.1, 0.15) is 37.2 Å². The van der Waals surface area contributed by atoms with Crippen LogP contribution in [0.2, 0.25) is 5.02 Å². The van der Waals surface area contributed by atoms with Crippen LogP contribution in [0.4, 0.5) is 0 Å². The first kappa shape index (κ1) is 17.2. The van der Waals surface area contributed by atoms with E-state index in [1.54, 1.807) is 4.90 Å². The average Bonchev–Trinajstić information content (AvgIpc) is 3.36. The summed E-state index contributed by atoms with van der Waals surface area (Å²) in [6.45, 7) is 1.53. The highest BCUT2D eigenvalue weighted by Gasteiger charge is 2.47. The van der Waals surface area contributed by atoms with E-state index in [-0.39, 0.29) is 36.8 Å². The van der Waals surface area contributed by atoms with Gasteiger partial charge in [-0.3, -0.25) is 9.59 Å². The van der Waals surface area contributed by atoms with Gasteiger partial charge in [0, 0.05) is 36.7 Å². The lowest BCUT2D eigenvalue weighted by Gasteiger charge is -2.34. The van der Waals surface area contributed by atoms with E-state index >= 15 is 0 Å². The lowest BCUT2D eigenvalue weighted by molar-refractivity contribution is -0.141. The first-order valence-corrected chi connectivity index (χ1v) is 8.79. The third-order valence-electron chi connectivity index (χ3n) is 4.87. The van der Waals surface area contributed by atoms with Crippen molar-refractivity contribution in [1.82, 2.24) is 4.90 Å². The average molecular weight is 352 g/mol. The number of aliphatic carboxylic acids is 1. The van der Waals surface area contributed by atoms with E-state index in [0.717, 1.165) is 24.8 Å². The molecule has 0 bridgehead atoms. The number of carboxylic acid groups (broad SMARTS) is 1. The normalized spacial score (nSPS) is 23.7. The number of carbonyl (C=O) groups is 2. The predicted octanol–water partition coefficient (Wildman–Crippen LogP) is 2.93. The Kier molecular flexibility index (Phi) is 5.41. The topological polar surface area (TPSA) is 66.8 Å². The molecule has 5 nitrogen and oxygen atoms in total. The van der Waals surface area contributed by atoms with Crippen molar-refractivity contribution in [3.63, 3.8) is 0 Å². The SMILES string of the molecule is O=C(O)CCN(C(=O)[C@@H]1C[C@H]1c1cccc(Cl)c1)C1CCOCC1. The zero-order valence-corrected chi connectivity index (χ0v) is 14.2. The Morgan fingerprint density at radius 1 is 1.29 bits per heavy atom. The minimum absolute atomic E-state index is 0.0162. The molecule has 3 rings (SSSR count). The molecule has 0 aromatic heterocycles. The van der Waals surface area contributed by atoms with Crippen LogP contribution in [0.5, 0.6) is 0 Å². The second-order valence-electron chi connectivity index (χ2n) is 6.52. The van der Waals surface area contributed by atoms with Gasteiger partial charge in [-0.15, -0.1) is 0 Å². The highest BCUT2D eigenvalue weighted by molar-refractivity contribution is 6.30. The van der Waals surface area contributed by atoms with E-state index in [2.05, 4.69) is 0 Å². The summed E-state index contributed by atoms with van der Waals surface area (Å²) in [5.41, 5.74) is 1.09. The van der Waals surface area contributed by atoms with E-state index < -0.39 is 5.97 Å². The molecule has 1 amide bonds.